The zero-order valence-electron chi connectivity index (χ0n) is 27.1. The van der Waals surface area contributed by atoms with E-state index >= 15 is 13.2 Å². The number of amides is 2. The smallest absolute Gasteiger partial charge is 0.402 e. The van der Waals surface area contributed by atoms with Crippen molar-refractivity contribution in [2.24, 2.45) is 0 Å². The van der Waals surface area contributed by atoms with Crippen LogP contribution in [0.3, 0.4) is 0 Å². The third-order valence-corrected chi connectivity index (χ3v) is 8.57. The molecule has 0 aliphatic carbocycles. The molecule has 8 nitrogen and oxygen atoms in total. The van der Waals surface area contributed by atoms with Crippen molar-refractivity contribution >= 4 is 45.4 Å². The molecule has 0 radical (unpaired) electrons. The first-order chi connectivity index (χ1) is 23.9. The number of carbonyl (C=O) groups excluding carboxylic acids is 2. The summed E-state index contributed by atoms with van der Waals surface area (Å²) in [7, 11) is 0. The molecule has 2 amide bonds. The van der Waals surface area contributed by atoms with E-state index in [4.69, 9.17) is 8.83 Å². The van der Waals surface area contributed by atoms with Crippen molar-refractivity contribution in [2.45, 2.75) is 32.4 Å². The summed E-state index contributed by atoms with van der Waals surface area (Å²) in [6.07, 6.45) is -4.69. The number of nitrogens with one attached hydrogen (secondary N) is 2. The third kappa shape index (κ3) is 6.09. The van der Waals surface area contributed by atoms with Gasteiger partial charge in [-0.1, -0.05) is 42.0 Å². The molecule has 0 aliphatic heterocycles. The number of fused-ring (bicyclic) bond motifs is 2. The van der Waals surface area contributed by atoms with Crippen LogP contribution >= 0.6 is 0 Å². The van der Waals surface area contributed by atoms with Crippen LogP contribution in [0.25, 0.3) is 45.1 Å². The Hall–Kier alpha value is -6.23. The van der Waals surface area contributed by atoms with Crippen molar-refractivity contribution in [1.82, 2.24) is 9.97 Å². The molecule has 5 aromatic carbocycles. The van der Waals surface area contributed by atoms with Gasteiger partial charge in [0.15, 0.2) is 11.2 Å². The normalized spacial score (nSPS) is 12.9. The number of carbonyl (C=O) groups is 2. The molecule has 1 atom stereocenters. The van der Waals surface area contributed by atoms with Crippen molar-refractivity contribution in [2.75, 3.05) is 10.6 Å². The van der Waals surface area contributed by atoms with Crippen molar-refractivity contribution in [3.63, 3.8) is 0 Å². The fraction of sp³-hybridized carbons (Fsp3) is 0.128. The second-order valence-electron chi connectivity index (χ2n) is 12.2. The van der Waals surface area contributed by atoms with Gasteiger partial charge < -0.3 is 19.5 Å². The number of benzene rings is 5. The van der Waals surface area contributed by atoms with Crippen LogP contribution < -0.4 is 10.6 Å². The van der Waals surface area contributed by atoms with Crippen LogP contribution in [0.15, 0.2) is 118 Å². The minimum absolute atomic E-state index is 0.00835. The molecule has 2 aromatic heterocycles. The number of alkyl halides is 3. The summed E-state index contributed by atoms with van der Waals surface area (Å²) in [6, 6.07) is 29.3. The first-order valence-corrected chi connectivity index (χ1v) is 15.6. The third-order valence-electron chi connectivity index (χ3n) is 8.57. The molecular formula is C39H29F3N4O4. The van der Waals surface area contributed by atoms with E-state index in [1.807, 2.05) is 31.2 Å². The van der Waals surface area contributed by atoms with E-state index in [1.54, 1.807) is 48.5 Å². The topological polar surface area (TPSA) is 110 Å². The maximum Gasteiger partial charge on any atom is 0.402 e. The van der Waals surface area contributed by atoms with Crippen LogP contribution in [0.2, 0.25) is 0 Å². The predicted molar refractivity (Wildman–Crippen MR) is 185 cm³/mol. The molecule has 0 bridgehead atoms. The lowest BCUT2D eigenvalue weighted by atomic mass is 9.75. The predicted octanol–water partition coefficient (Wildman–Crippen LogP) is 9.69. The second kappa shape index (κ2) is 12.3. The van der Waals surface area contributed by atoms with Crippen molar-refractivity contribution in [3.8, 4) is 22.9 Å². The van der Waals surface area contributed by atoms with Gasteiger partial charge >= 0.3 is 6.18 Å². The van der Waals surface area contributed by atoms with Crippen LogP contribution in [0.1, 0.15) is 40.9 Å². The van der Waals surface area contributed by atoms with Gasteiger partial charge in [0.1, 0.15) is 16.4 Å². The molecule has 0 saturated heterocycles. The molecule has 0 aliphatic rings. The van der Waals surface area contributed by atoms with Gasteiger partial charge in [-0.3, -0.25) is 9.59 Å². The van der Waals surface area contributed by atoms with Gasteiger partial charge in [-0.15, -0.1) is 0 Å². The van der Waals surface area contributed by atoms with Gasteiger partial charge in [-0.05, 0) is 97.8 Å². The highest BCUT2D eigenvalue weighted by atomic mass is 19.4. The minimum Gasteiger partial charge on any atom is -0.436 e. The summed E-state index contributed by atoms with van der Waals surface area (Å²) in [5, 5.41) is 5.46. The molecule has 50 heavy (non-hydrogen) atoms. The fourth-order valence-corrected chi connectivity index (χ4v) is 5.87. The van der Waals surface area contributed by atoms with Crippen LogP contribution in [0.5, 0.6) is 0 Å². The number of halogens is 3. The molecule has 7 aromatic rings. The number of rotatable bonds is 7. The summed E-state index contributed by atoms with van der Waals surface area (Å²) >= 11 is 0. The zero-order valence-corrected chi connectivity index (χ0v) is 27.1. The van der Waals surface area contributed by atoms with Crippen molar-refractivity contribution in [3.05, 3.63) is 131 Å². The van der Waals surface area contributed by atoms with Crippen LogP contribution in [0, 0.1) is 6.92 Å². The number of hydrogen-bond donors (Lipinski definition) is 2. The first kappa shape index (κ1) is 32.3. The molecule has 250 valence electrons. The molecule has 2 heterocycles. The molecule has 11 heteroatoms. The van der Waals surface area contributed by atoms with E-state index in [1.165, 1.54) is 43.3 Å². The summed E-state index contributed by atoms with van der Waals surface area (Å²) < 4.78 is 57.0. The largest absolute Gasteiger partial charge is 0.436 e. The molecular weight excluding hydrogens is 645 g/mol. The highest BCUT2D eigenvalue weighted by Gasteiger charge is 2.53. The summed E-state index contributed by atoms with van der Waals surface area (Å²) in [4.78, 5) is 33.5. The number of nitrogens with zero attached hydrogens (tertiary/aromatic N) is 2. The Balaban J connectivity index is 1.19. The SMILES string of the molecule is CC(=O)Nc1cccc(NC(=O)c2cccc(-c3nc4cc(C(C)(c5ccc6oc(-c7cccc(C)c7)nc6c5)C(F)(F)F)ccc4o3)c2)c1. The molecule has 7 rings (SSSR count). The van der Waals surface area contributed by atoms with Crippen LogP contribution in [0.4, 0.5) is 24.5 Å². The van der Waals surface area contributed by atoms with Gasteiger partial charge in [-0.2, -0.15) is 13.2 Å². The van der Waals surface area contributed by atoms with E-state index in [9.17, 15) is 9.59 Å². The average molecular weight is 675 g/mol. The van der Waals surface area contributed by atoms with Gasteiger partial charge in [0.05, 0.1) is 0 Å². The van der Waals surface area contributed by atoms with E-state index in [2.05, 4.69) is 20.6 Å². The molecule has 0 fully saturated rings. The lowest BCUT2D eigenvalue weighted by molar-refractivity contribution is -0.173. The number of aromatic nitrogens is 2. The maximum absolute atomic E-state index is 15.1. The average Bonchev–Trinajstić information content (AvgIpc) is 3.71. The van der Waals surface area contributed by atoms with E-state index < -0.39 is 17.5 Å². The first-order valence-electron chi connectivity index (χ1n) is 15.6. The number of anilines is 2. The summed E-state index contributed by atoms with van der Waals surface area (Å²) in [6.45, 7) is 4.45. The highest BCUT2D eigenvalue weighted by Crippen LogP contribution is 2.47. The highest BCUT2D eigenvalue weighted by molar-refractivity contribution is 6.05. The summed E-state index contributed by atoms with van der Waals surface area (Å²) in [5.41, 5.74) is 2.22. The summed E-state index contributed by atoms with van der Waals surface area (Å²) in [5.74, 6) is -0.193. The van der Waals surface area contributed by atoms with Gasteiger partial charge in [0, 0.05) is 35.0 Å². The lowest BCUT2D eigenvalue weighted by Gasteiger charge is -2.33. The molecule has 0 spiro atoms. The van der Waals surface area contributed by atoms with Gasteiger partial charge in [0.25, 0.3) is 5.91 Å². The minimum atomic E-state index is -4.69. The van der Waals surface area contributed by atoms with E-state index in [0.717, 1.165) is 18.1 Å². The molecule has 2 N–H and O–H groups in total. The number of aryl methyl sites for hydroxylation is 1. The number of oxazole rings is 2. The van der Waals surface area contributed by atoms with Crippen molar-refractivity contribution < 1.29 is 31.6 Å². The Kier molecular flexibility index (Phi) is 7.98. The van der Waals surface area contributed by atoms with Gasteiger partial charge in [-0.25, -0.2) is 9.97 Å². The Labute approximate surface area is 284 Å². The van der Waals surface area contributed by atoms with Gasteiger partial charge in [0.2, 0.25) is 17.7 Å². The Morgan fingerprint density at radius 2 is 1.20 bits per heavy atom. The van der Waals surface area contributed by atoms with Crippen LogP contribution in [-0.2, 0) is 10.2 Å². The fourth-order valence-electron chi connectivity index (χ4n) is 5.87. The zero-order chi connectivity index (χ0) is 35.2. The van der Waals surface area contributed by atoms with Crippen molar-refractivity contribution in [1.29, 1.82) is 0 Å². The number of hydrogen-bond acceptors (Lipinski definition) is 6. The standard InChI is InChI=1S/C39H29F3N4O4/c1-22-7-4-9-25(17-22)36-45-31-19-27(13-15-33(31)49-36)38(3,39(40,41)42)28-14-16-34-32(20-28)46-37(50-34)26-10-5-8-24(18-26)35(48)44-30-12-6-11-29(21-30)43-23(2)47/h4-21H,1-3H3,(H,43,47)(H,44,48). The lowest BCUT2D eigenvalue weighted by Crippen LogP contribution is -2.40. The maximum atomic E-state index is 15.1. The molecule has 1 unspecified atom stereocenters. The Bertz CT molecular complexity index is 2430. The molecule has 0 saturated carbocycles. The van der Waals surface area contributed by atoms with Crippen LogP contribution in [-0.4, -0.2) is 28.0 Å². The Morgan fingerprint density at radius 3 is 1.76 bits per heavy atom. The quantitative estimate of drug-likeness (QED) is 0.174. The van der Waals surface area contributed by atoms with E-state index in [-0.39, 0.29) is 34.0 Å². The second-order valence-corrected chi connectivity index (χ2v) is 12.2. The monoisotopic (exact) mass is 674 g/mol. The Morgan fingerprint density at radius 1 is 0.660 bits per heavy atom. The van der Waals surface area contributed by atoms with E-state index in [0.29, 0.717) is 39.5 Å².